The number of fused-ring (bicyclic) bond motifs is 1. The first kappa shape index (κ1) is 20.3. The van der Waals surface area contributed by atoms with Crippen LogP contribution < -0.4 is 10.6 Å². The molecule has 31 heavy (non-hydrogen) atoms. The van der Waals surface area contributed by atoms with Gasteiger partial charge in [0.05, 0.1) is 16.8 Å². The lowest BCUT2D eigenvalue weighted by molar-refractivity contribution is 0.564. The molecule has 1 aliphatic heterocycles. The van der Waals surface area contributed by atoms with Crippen molar-refractivity contribution in [2.45, 2.75) is 44.0 Å². The van der Waals surface area contributed by atoms with Crippen molar-refractivity contribution >= 4 is 45.1 Å². The third-order valence-electron chi connectivity index (χ3n) is 5.70. The lowest BCUT2D eigenvalue weighted by Gasteiger charge is -2.27. The number of piperidine rings is 1. The van der Waals surface area contributed by atoms with Crippen molar-refractivity contribution in [3.63, 3.8) is 0 Å². The average Bonchev–Trinajstić information content (AvgIpc) is 3.34. The summed E-state index contributed by atoms with van der Waals surface area (Å²) in [6.45, 7) is 6.21. The summed E-state index contributed by atoms with van der Waals surface area (Å²) < 4.78 is 2.15. The Kier molecular flexibility index (Phi) is 5.54. The summed E-state index contributed by atoms with van der Waals surface area (Å²) in [5.41, 5.74) is 8.51. The summed E-state index contributed by atoms with van der Waals surface area (Å²) in [4.78, 5) is 13.9. The molecule has 4 aromatic rings. The Morgan fingerprint density at radius 2 is 1.81 bits per heavy atom. The highest BCUT2D eigenvalue weighted by Gasteiger charge is 2.22. The number of aryl methyl sites for hydroxylation is 2. The molecule has 5 rings (SSSR count). The molecule has 1 aliphatic rings. The van der Waals surface area contributed by atoms with E-state index in [0.29, 0.717) is 11.6 Å². The van der Waals surface area contributed by atoms with E-state index in [9.17, 15) is 0 Å². The van der Waals surface area contributed by atoms with Gasteiger partial charge in [-0.2, -0.15) is 0 Å². The molecule has 4 heterocycles. The second kappa shape index (κ2) is 8.47. The minimum absolute atomic E-state index is 0.556. The van der Waals surface area contributed by atoms with Crippen LogP contribution in [0, 0.1) is 13.8 Å². The fourth-order valence-corrected chi connectivity index (χ4v) is 5.84. The number of hydrogen-bond donors (Lipinski definition) is 1. The summed E-state index contributed by atoms with van der Waals surface area (Å²) in [7, 11) is 0. The fraction of sp³-hybridized carbons (Fsp3) is 0.364. The molecule has 0 saturated carbocycles. The lowest BCUT2D eigenvalue weighted by Crippen LogP contribution is -2.31. The van der Waals surface area contributed by atoms with Crippen LogP contribution in [-0.4, -0.2) is 37.8 Å². The van der Waals surface area contributed by atoms with Crippen LogP contribution in [-0.2, 0) is 5.75 Å². The van der Waals surface area contributed by atoms with Gasteiger partial charge in [0.1, 0.15) is 16.5 Å². The maximum atomic E-state index is 6.27. The van der Waals surface area contributed by atoms with Gasteiger partial charge in [-0.05, 0) is 50.8 Å². The zero-order valence-electron chi connectivity index (χ0n) is 17.7. The summed E-state index contributed by atoms with van der Waals surface area (Å²) >= 11 is 3.27. The minimum Gasteiger partial charge on any atom is -0.383 e. The van der Waals surface area contributed by atoms with Gasteiger partial charge in [0.25, 0.3) is 0 Å². The molecule has 1 fully saturated rings. The van der Waals surface area contributed by atoms with Crippen LogP contribution in [0.1, 0.15) is 35.5 Å². The van der Waals surface area contributed by atoms with Crippen molar-refractivity contribution < 1.29 is 0 Å². The van der Waals surface area contributed by atoms with Gasteiger partial charge in [0.2, 0.25) is 5.95 Å². The fourth-order valence-electron chi connectivity index (χ4n) is 3.98. The van der Waals surface area contributed by atoms with Crippen LogP contribution in [0.5, 0.6) is 0 Å². The van der Waals surface area contributed by atoms with Gasteiger partial charge in [-0.3, -0.25) is 4.57 Å². The maximum absolute atomic E-state index is 6.27. The number of anilines is 2. The smallest absolute Gasteiger partial charge is 0.232 e. The van der Waals surface area contributed by atoms with Crippen molar-refractivity contribution in [3.05, 3.63) is 46.6 Å². The Balaban J connectivity index is 1.47. The molecular weight excluding hydrogens is 426 g/mol. The molecule has 0 aliphatic carbocycles. The van der Waals surface area contributed by atoms with Crippen LogP contribution in [0.3, 0.4) is 0 Å². The molecular formula is C22H25N7S2. The minimum atomic E-state index is 0.556. The average molecular weight is 452 g/mol. The number of thioether (sulfide) groups is 1. The topological polar surface area (TPSA) is 85.8 Å². The summed E-state index contributed by atoms with van der Waals surface area (Å²) in [6, 6.07) is 10.3. The zero-order chi connectivity index (χ0) is 21.4. The lowest BCUT2D eigenvalue weighted by atomic mass is 10.1. The van der Waals surface area contributed by atoms with E-state index in [1.165, 1.54) is 29.7 Å². The summed E-state index contributed by atoms with van der Waals surface area (Å²) in [5, 5.41) is 10.9. The van der Waals surface area contributed by atoms with Gasteiger partial charge in [-0.1, -0.05) is 30.0 Å². The second-order valence-corrected chi connectivity index (χ2v) is 9.92. The number of hydrogen-bond acceptors (Lipinski definition) is 8. The van der Waals surface area contributed by atoms with Crippen molar-refractivity contribution in [3.8, 4) is 5.69 Å². The Morgan fingerprint density at radius 1 is 1.03 bits per heavy atom. The molecule has 0 spiro atoms. The monoisotopic (exact) mass is 451 g/mol. The van der Waals surface area contributed by atoms with Crippen molar-refractivity contribution in [2.24, 2.45) is 0 Å². The van der Waals surface area contributed by atoms with Crippen LogP contribution in [0.4, 0.5) is 11.8 Å². The Hall–Kier alpha value is -2.65. The first-order valence-electron chi connectivity index (χ1n) is 10.5. The second-order valence-electron chi connectivity index (χ2n) is 7.78. The number of nitrogen functional groups attached to an aromatic ring is 1. The normalized spacial score (nSPS) is 14.5. The largest absolute Gasteiger partial charge is 0.383 e. The number of nitrogens with two attached hydrogens (primary N) is 1. The van der Waals surface area contributed by atoms with Gasteiger partial charge >= 0.3 is 0 Å². The van der Waals surface area contributed by atoms with Crippen molar-refractivity contribution in [1.82, 2.24) is 24.7 Å². The van der Waals surface area contributed by atoms with E-state index in [-0.39, 0.29) is 0 Å². The summed E-state index contributed by atoms with van der Waals surface area (Å²) in [5.74, 6) is 2.77. The third kappa shape index (κ3) is 3.87. The predicted molar refractivity (Wildman–Crippen MR) is 128 cm³/mol. The van der Waals surface area contributed by atoms with Crippen LogP contribution in [0.25, 0.3) is 15.9 Å². The number of benzene rings is 1. The van der Waals surface area contributed by atoms with Gasteiger partial charge in [0.15, 0.2) is 5.16 Å². The zero-order valence-corrected chi connectivity index (χ0v) is 19.3. The number of thiophene rings is 1. The SMILES string of the molecule is Cc1sc2nc(CSc3nnc(N4CCCCC4)n3-c3ccccc3)nc(N)c2c1C. The molecule has 0 bridgehead atoms. The van der Waals surface area contributed by atoms with Gasteiger partial charge in [-0.25, -0.2) is 9.97 Å². The quantitative estimate of drug-likeness (QED) is 0.438. The van der Waals surface area contributed by atoms with E-state index >= 15 is 0 Å². The highest BCUT2D eigenvalue weighted by molar-refractivity contribution is 7.98. The van der Waals surface area contributed by atoms with Gasteiger partial charge < -0.3 is 10.6 Å². The molecule has 0 radical (unpaired) electrons. The molecule has 0 atom stereocenters. The first-order valence-corrected chi connectivity index (χ1v) is 12.3. The molecule has 1 saturated heterocycles. The van der Waals surface area contributed by atoms with Gasteiger partial charge in [-0.15, -0.1) is 21.5 Å². The molecule has 0 unspecified atom stereocenters. The number of aromatic nitrogens is 5. The Labute approximate surface area is 189 Å². The molecule has 160 valence electrons. The third-order valence-corrected chi connectivity index (χ3v) is 7.73. The standard InChI is InChI=1S/C22H25N7S2/c1-14-15(2)31-20-18(14)19(23)24-17(25-20)13-30-22-27-26-21(28-11-7-4-8-12-28)29(22)16-9-5-3-6-10-16/h3,5-6,9-10H,4,7-8,11-13H2,1-2H3,(H2,23,24,25). The van der Waals surface area contributed by atoms with Gasteiger partial charge in [0, 0.05) is 18.0 Å². The molecule has 2 N–H and O–H groups in total. The van der Waals surface area contributed by atoms with E-state index in [1.54, 1.807) is 23.1 Å². The number of nitrogens with zero attached hydrogens (tertiary/aromatic N) is 6. The van der Waals surface area contributed by atoms with E-state index in [1.807, 2.05) is 18.2 Å². The molecule has 9 heteroatoms. The van der Waals surface area contributed by atoms with E-state index in [0.717, 1.165) is 45.9 Å². The highest BCUT2D eigenvalue weighted by Crippen LogP contribution is 2.34. The number of rotatable bonds is 5. The molecule has 1 aromatic carbocycles. The van der Waals surface area contributed by atoms with E-state index in [2.05, 4.69) is 50.6 Å². The highest BCUT2D eigenvalue weighted by atomic mass is 32.2. The first-order chi connectivity index (χ1) is 15.1. The maximum Gasteiger partial charge on any atom is 0.232 e. The Bertz CT molecular complexity index is 1210. The van der Waals surface area contributed by atoms with Crippen LogP contribution >= 0.6 is 23.1 Å². The van der Waals surface area contributed by atoms with E-state index < -0.39 is 0 Å². The molecule has 0 amide bonds. The van der Waals surface area contributed by atoms with Crippen LogP contribution in [0.2, 0.25) is 0 Å². The molecule has 3 aromatic heterocycles. The Morgan fingerprint density at radius 3 is 2.58 bits per heavy atom. The predicted octanol–water partition coefficient (Wildman–Crippen LogP) is 4.75. The van der Waals surface area contributed by atoms with Crippen LogP contribution in [0.15, 0.2) is 35.5 Å². The van der Waals surface area contributed by atoms with E-state index in [4.69, 9.17) is 10.7 Å². The number of para-hydroxylation sites is 1. The summed E-state index contributed by atoms with van der Waals surface area (Å²) in [6.07, 6.45) is 3.66. The van der Waals surface area contributed by atoms with Crippen molar-refractivity contribution in [1.29, 1.82) is 0 Å². The molecule has 7 nitrogen and oxygen atoms in total. The van der Waals surface area contributed by atoms with Crippen molar-refractivity contribution in [2.75, 3.05) is 23.7 Å².